The number of hydrogen-bond donors (Lipinski definition) is 0. The van der Waals surface area contributed by atoms with Crippen LogP contribution in [0, 0.1) is 29.2 Å². The van der Waals surface area contributed by atoms with E-state index in [1.807, 2.05) is 30.4 Å². The number of unbranched alkanes of at least 4 members (excludes halogenated alkanes) is 2. The molecule has 0 saturated carbocycles. The van der Waals surface area contributed by atoms with Gasteiger partial charge in [0.2, 0.25) is 11.3 Å². The van der Waals surface area contributed by atoms with Crippen LogP contribution in [0.3, 0.4) is 0 Å². The molecule has 0 aliphatic carbocycles. The fraction of sp³-hybridized carbons (Fsp3) is 0.364. The van der Waals surface area contributed by atoms with Crippen LogP contribution in [0.5, 0.6) is 5.75 Å². The molecule has 224 valence electrons. The van der Waals surface area contributed by atoms with Gasteiger partial charge in [-0.05, 0) is 62.3 Å². The lowest BCUT2D eigenvalue weighted by Crippen LogP contribution is -2.43. The highest BCUT2D eigenvalue weighted by atomic mass is 32.1. The van der Waals surface area contributed by atoms with Crippen LogP contribution >= 0.6 is 11.3 Å². The van der Waals surface area contributed by atoms with E-state index < -0.39 is 34.4 Å². The van der Waals surface area contributed by atoms with Gasteiger partial charge >= 0.3 is 6.18 Å². The number of rotatable bonds is 12. The first kappa shape index (κ1) is 33.0. The quantitative estimate of drug-likeness (QED) is 0.178. The van der Waals surface area contributed by atoms with Gasteiger partial charge in [-0.2, -0.15) is 23.7 Å². The number of nitrogens with zero attached hydrogens (tertiary/aromatic N) is 4. The van der Waals surface area contributed by atoms with Crippen LogP contribution in [0.1, 0.15) is 61.8 Å². The van der Waals surface area contributed by atoms with E-state index in [9.17, 15) is 23.7 Å². The number of nitriles is 2. The molecule has 0 fully saturated rings. The Morgan fingerprint density at radius 3 is 2.16 bits per heavy atom. The average molecular weight is 607 g/mol. The molecule has 1 unspecified atom stereocenters. The van der Waals surface area contributed by atoms with Crippen molar-refractivity contribution >= 4 is 35.3 Å². The second-order valence-corrected chi connectivity index (χ2v) is 11.1. The first-order valence-electron chi connectivity index (χ1n) is 13.9. The van der Waals surface area contributed by atoms with Crippen LogP contribution in [-0.4, -0.2) is 32.0 Å². The summed E-state index contributed by atoms with van der Waals surface area (Å²) in [6.07, 6.45) is 6.03. The Bertz CT molecular complexity index is 1540. The van der Waals surface area contributed by atoms with Crippen molar-refractivity contribution in [3.8, 4) is 17.9 Å². The molecule has 2 aromatic rings. The van der Waals surface area contributed by atoms with E-state index in [2.05, 4.69) is 29.7 Å². The molecule has 43 heavy (non-hydrogen) atoms. The monoisotopic (exact) mass is 606 g/mol. The molecule has 0 N–H and O–H groups in total. The molecule has 1 atom stereocenters. The van der Waals surface area contributed by atoms with Crippen LogP contribution < -0.4 is 9.64 Å². The first-order chi connectivity index (χ1) is 20.6. The zero-order chi connectivity index (χ0) is 31.6. The molecule has 6 nitrogen and oxygen atoms in total. The number of allylic oxidation sites excluding steroid dienone is 1. The Kier molecular flexibility index (Phi) is 11.2. The predicted octanol–water partition coefficient (Wildman–Crippen LogP) is 9.17. The summed E-state index contributed by atoms with van der Waals surface area (Å²) in [5.41, 5.74) is -2.54. The maximum Gasteiger partial charge on any atom is 0.430 e. The highest BCUT2D eigenvalue weighted by Gasteiger charge is 2.60. The smallest absolute Gasteiger partial charge is 0.430 e. The number of halogens is 3. The molecule has 0 bridgehead atoms. The Morgan fingerprint density at radius 2 is 1.65 bits per heavy atom. The van der Waals surface area contributed by atoms with E-state index in [-0.39, 0.29) is 0 Å². The molecule has 1 aliphatic rings. The van der Waals surface area contributed by atoms with E-state index in [1.54, 1.807) is 13.2 Å². The minimum atomic E-state index is -4.90. The van der Waals surface area contributed by atoms with Gasteiger partial charge < -0.3 is 14.4 Å². The van der Waals surface area contributed by atoms with Crippen molar-refractivity contribution in [2.45, 2.75) is 58.2 Å². The predicted molar refractivity (Wildman–Crippen MR) is 165 cm³/mol. The lowest BCUT2D eigenvalue weighted by Gasteiger charge is -2.29. The van der Waals surface area contributed by atoms with Crippen molar-refractivity contribution < 1.29 is 22.6 Å². The maximum atomic E-state index is 14.1. The fourth-order valence-electron chi connectivity index (χ4n) is 4.50. The second kappa shape index (κ2) is 14.6. The topological polar surface area (TPSA) is 73.6 Å². The Hall–Kier alpha value is -4.46. The van der Waals surface area contributed by atoms with Crippen molar-refractivity contribution in [2.75, 3.05) is 25.1 Å². The third-order valence-corrected chi connectivity index (χ3v) is 8.04. The number of anilines is 1. The van der Waals surface area contributed by atoms with E-state index in [1.165, 1.54) is 35.6 Å². The van der Waals surface area contributed by atoms with Crippen LogP contribution in [-0.2, 0) is 4.74 Å². The zero-order valence-electron chi connectivity index (χ0n) is 24.6. The molecule has 1 aliphatic heterocycles. The minimum Gasteiger partial charge on any atom is -0.496 e. The van der Waals surface area contributed by atoms with Crippen molar-refractivity contribution in [3.63, 3.8) is 0 Å². The number of benzene rings is 1. The Balaban J connectivity index is 1.89. The summed E-state index contributed by atoms with van der Waals surface area (Å²) in [7, 11) is 1.64. The average Bonchev–Trinajstić information content (AvgIpc) is 3.57. The van der Waals surface area contributed by atoms with Crippen molar-refractivity contribution in [3.05, 3.63) is 85.7 Å². The third kappa shape index (κ3) is 7.49. The molecule has 2 heterocycles. The van der Waals surface area contributed by atoms with Crippen molar-refractivity contribution in [1.82, 2.24) is 0 Å². The molecular weight excluding hydrogens is 573 g/mol. The van der Waals surface area contributed by atoms with Gasteiger partial charge in [-0.15, -0.1) is 11.3 Å². The molecule has 1 aromatic carbocycles. The Morgan fingerprint density at radius 1 is 1.05 bits per heavy atom. The fourth-order valence-corrected chi connectivity index (χ4v) is 5.31. The SMILES string of the molecule is [C-]#[N+]C1=C(/C=C/c2ccc(/C=C/c3ccc(N(CCCC)CCCC)cc3OC)s2)C(C)(C(F)(F)F)OC1=C(C#N)C#N. The van der Waals surface area contributed by atoms with E-state index >= 15 is 0 Å². The molecular formula is C33H33F3N4O2S. The summed E-state index contributed by atoms with van der Waals surface area (Å²) in [6.45, 7) is 14.6. The van der Waals surface area contributed by atoms with Gasteiger partial charge in [-0.25, -0.2) is 4.85 Å². The molecule has 1 aromatic heterocycles. The minimum absolute atomic E-state index is 0.463. The van der Waals surface area contributed by atoms with Gasteiger partial charge in [-0.3, -0.25) is 0 Å². The van der Waals surface area contributed by atoms with E-state index in [0.717, 1.165) is 67.6 Å². The lowest BCUT2D eigenvalue weighted by molar-refractivity contribution is -0.236. The standard InChI is InChI=1S/C33H33F3N4O2S/c1-6-8-18-40(19-9-7-2)25-12-10-23(29(20-25)41-5)11-13-26-14-15-27(43-26)16-17-28-30(39-4)31(24(21-37)22-38)42-32(28,3)33(34,35)36/h10-17,20H,6-9,18-19H2,1-3,5H3/b13-11+,17-16+. The molecule has 0 spiro atoms. The van der Waals surface area contributed by atoms with Crippen LogP contribution in [0.15, 0.2) is 59.0 Å². The third-order valence-electron chi connectivity index (χ3n) is 7.03. The summed E-state index contributed by atoms with van der Waals surface area (Å²) in [5, 5.41) is 18.4. The normalized spacial score (nSPS) is 16.7. The number of alkyl halides is 3. The molecule has 3 rings (SSSR count). The van der Waals surface area contributed by atoms with Gasteiger partial charge in [0, 0.05) is 45.7 Å². The molecule has 0 radical (unpaired) electrons. The van der Waals surface area contributed by atoms with Gasteiger partial charge in [0.15, 0.2) is 11.3 Å². The Labute approximate surface area is 255 Å². The summed E-state index contributed by atoms with van der Waals surface area (Å²) in [6, 6.07) is 12.8. The highest BCUT2D eigenvalue weighted by molar-refractivity contribution is 7.13. The van der Waals surface area contributed by atoms with Gasteiger partial charge in [-0.1, -0.05) is 32.8 Å². The van der Waals surface area contributed by atoms with Crippen molar-refractivity contribution in [1.29, 1.82) is 10.5 Å². The van der Waals surface area contributed by atoms with Crippen LogP contribution in [0.4, 0.5) is 18.9 Å². The van der Waals surface area contributed by atoms with Crippen LogP contribution in [0.25, 0.3) is 23.1 Å². The first-order valence-corrected chi connectivity index (χ1v) is 14.7. The molecule has 0 saturated heterocycles. The lowest BCUT2D eigenvalue weighted by atomic mass is 9.94. The summed E-state index contributed by atoms with van der Waals surface area (Å²) in [5.74, 6) is 0.0840. The van der Waals surface area contributed by atoms with Crippen LogP contribution in [0.2, 0.25) is 0 Å². The summed E-state index contributed by atoms with van der Waals surface area (Å²) >= 11 is 1.35. The largest absolute Gasteiger partial charge is 0.496 e. The van der Waals surface area contributed by atoms with E-state index in [0.29, 0.717) is 4.88 Å². The van der Waals surface area contributed by atoms with Gasteiger partial charge in [0.05, 0.1) is 13.7 Å². The zero-order valence-corrected chi connectivity index (χ0v) is 25.4. The number of methoxy groups -OCH3 is 1. The van der Waals surface area contributed by atoms with Crippen molar-refractivity contribution in [2.24, 2.45) is 0 Å². The highest BCUT2D eigenvalue weighted by Crippen LogP contribution is 2.50. The molecule has 0 amide bonds. The summed E-state index contributed by atoms with van der Waals surface area (Å²) < 4.78 is 53.0. The number of ether oxygens (including phenoxy) is 2. The van der Waals surface area contributed by atoms with Gasteiger partial charge in [0.1, 0.15) is 17.9 Å². The summed E-state index contributed by atoms with van der Waals surface area (Å²) in [4.78, 5) is 7.07. The molecule has 10 heteroatoms. The number of hydrogen-bond acceptors (Lipinski definition) is 6. The van der Waals surface area contributed by atoms with Gasteiger partial charge in [0.25, 0.3) is 0 Å². The van der Waals surface area contributed by atoms with E-state index in [4.69, 9.17) is 16.0 Å². The maximum absolute atomic E-state index is 14.1. The second-order valence-electron chi connectivity index (χ2n) is 9.96. The number of thiophene rings is 1.